The van der Waals surface area contributed by atoms with Gasteiger partial charge in [0.1, 0.15) is 5.75 Å². The third-order valence-corrected chi connectivity index (χ3v) is 6.50. The molecule has 2 saturated carbocycles. The number of carbonyl (C=O) groups excluding carboxylic acids is 2. The third-order valence-electron chi connectivity index (χ3n) is 6.25. The fourth-order valence-electron chi connectivity index (χ4n) is 4.30. The SMILES string of the molecule is O=C(Nc1ccc(-c2cc(C3CCCC3)n(C(=O)NC3CC3)n2)c(O)c1)c1ccc(Cl)cc1. The number of benzene rings is 2. The number of rotatable bonds is 5. The fourth-order valence-corrected chi connectivity index (χ4v) is 4.42. The number of halogens is 1. The van der Waals surface area contributed by atoms with Gasteiger partial charge >= 0.3 is 6.03 Å². The van der Waals surface area contributed by atoms with Crippen molar-refractivity contribution in [2.75, 3.05) is 5.32 Å². The number of carbonyl (C=O) groups is 2. The summed E-state index contributed by atoms with van der Waals surface area (Å²) < 4.78 is 1.47. The fraction of sp³-hybridized carbons (Fsp3) is 0.320. The minimum atomic E-state index is -0.302. The molecule has 0 saturated heterocycles. The van der Waals surface area contributed by atoms with Gasteiger partial charge in [-0.05, 0) is 68.1 Å². The van der Waals surface area contributed by atoms with Gasteiger partial charge in [0.2, 0.25) is 0 Å². The number of phenols is 1. The Bertz CT molecular complexity index is 1190. The first-order valence-electron chi connectivity index (χ1n) is 11.3. The van der Waals surface area contributed by atoms with E-state index in [9.17, 15) is 14.7 Å². The van der Waals surface area contributed by atoms with Crippen LogP contribution in [-0.2, 0) is 0 Å². The van der Waals surface area contributed by atoms with E-state index in [4.69, 9.17) is 11.6 Å². The van der Waals surface area contributed by atoms with Crippen LogP contribution in [0, 0.1) is 0 Å². The zero-order valence-corrected chi connectivity index (χ0v) is 18.8. The van der Waals surface area contributed by atoms with E-state index in [1.54, 1.807) is 36.4 Å². The monoisotopic (exact) mass is 464 g/mol. The van der Waals surface area contributed by atoms with Gasteiger partial charge in [-0.2, -0.15) is 9.78 Å². The van der Waals surface area contributed by atoms with Crippen molar-refractivity contribution < 1.29 is 14.7 Å². The van der Waals surface area contributed by atoms with E-state index in [2.05, 4.69) is 15.7 Å². The number of nitrogens with zero attached hydrogens (tertiary/aromatic N) is 2. The Morgan fingerprint density at radius 1 is 1.00 bits per heavy atom. The summed E-state index contributed by atoms with van der Waals surface area (Å²) in [6, 6.07) is 13.4. The Hall–Kier alpha value is -3.32. The first-order valence-corrected chi connectivity index (χ1v) is 11.7. The second-order valence-corrected chi connectivity index (χ2v) is 9.20. The summed E-state index contributed by atoms with van der Waals surface area (Å²) in [5.41, 5.74) is 2.86. The van der Waals surface area contributed by atoms with Crippen molar-refractivity contribution in [1.29, 1.82) is 0 Å². The molecule has 0 radical (unpaired) electrons. The summed E-state index contributed by atoms with van der Waals surface area (Å²) in [7, 11) is 0. The Morgan fingerprint density at radius 2 is 1.73 bits per heavy atom. The maximum Gasteiger partial charge on any atom is 0.342 e. The van der Waals surface area contributed by atoms with E-state index in [0.29, 0.717) is 27.5 Å². The summed E-state index contributed by atoms with van der Waals surface area (Å²) >= 11 is 5.88. The number of phenolic OH excluding ortho intramolecular Hbond substituents is 1. The highest BCUT2D eigenvalue weighted by atomic mass is 35.5. The lowest BCUT2D eigenvalue weighted by Gasteiger charge is -2.11. The van der Waals surface area contributed by atoms with Crippen LogP contribution in [0.15, 0.2) is 48.5 Å². The van der Waals surface area contributed by atoms with Crippen LogP contribution in [-0.4, -0.2) is 32.9 Å². The molecule has 0 atom stereocenters. The van der Waals surface area contributed by atoms with Crippen molar-refractivity contribution in [1.82, 2.24) is 15.1 Å². The highest BCUT2D eigenvalue weighted by Crippen LogP contribution is 2.38. The highest BCUT2D eigenvalue weighted by Gasteiger charge is 2.29. The van der Waals surface area contributed by atoms with E-state index in [0.717, 1.165) is 44.2 Å². The lowest BCUT2D eigenvalue weighted by Crippen LogP contribution is -2.32. The van der Waals surface area contributed by atoms with E-state index < -0.39 is 0 Å². The topological polar surface area (TPSA) is 96.3 Å². The van der Waals surface area contributed by atoms with Crippen molar-refractivity contribution in [2.24, 2.45) is 0 Å². The summed E-state index contributed by atoms with van der Waals surface area (Å²) in [6.07, 6.45) is 6.35. The predicted octanol–water partition coefficient (Wildman–Crippen LogP) is 5.54. The van der Waals surface area contributed by atoms with Gasteiger partial charge in [0.15, 0.2) is 0 Å². The predicted molar refractivity (Wildman–Crippen MR) is 127 cm³/mol. The smallest absolute Gasteiger partial charge is 0.342 e. The maximum absolute atomic E-state index is 12.8. The second-order valence-electron chi connectivity index (χ2n) is 8.76. The molecule has 170 valence electrons. The minimum Gasteiger partial charge on any atom is -0.507 e. The summed E-state index contributed by atoms with van der Waals surface area (Å²) in [5, 5.41) is 21.6. The average Bonchev–Trinajstić information content (AvgIpc) is 3.25. The molecule has 0 spiro atoms. The van der Waals surface area contributed by atoms with Gasteiger partial charge in [0.25, 0.3) is 5.91 Å². The van der Waals surface area contributed by atoms with Gasteiger partial charge in [-0.25, -0.2) is 4.79 Å². The molecule has 2 aromatic carbocycles. The highest BCUT2D eigenvalue weighted by molar-refractivity contribution is 6.30. The first-order chi connectivity index (χ1) is 16.0. The Kier molecular flexibility index (Phi) is 5.81. The van der Waals surface area contributed by atoms with Crippen molar-refractivity contribution in [2.45, 2.75) is 50.5 Å². The molecule has 8 heteroatoms. The molecule has 1 heterocycles. The Balaban J connectivity index is 1.39. The third kappa shape index (κ3) is 4.73. The van der Waals surface area contributed by atoms with Crippen LogP contribution < -0.4 is 10.6 Å². The van der Waals surface area contributed by atoms with E-state index in [1.165, 1.54) is 10.7 Å². The first kappa shape index (κ1) is 21.5. The summed E-state index contributed by atoms with van der Waals surface area (Å²) in [5.74, 6) is -0.0335. The number of amides is 2. The summed E-state index contributed by atoms with van der Waals surface area (Å²) in [4.78, 5) is 25.3. The maximum atomic E-state index is 12.8. The molecular formula is C25H25ClN4O3. The largest absolute Gasteiger partial charge is 0.507 e. The van der Waals surface area contributed by atoms with Crippen molar-refractivity contribution in [3.05, 3.63) is 64.8 Å². The molecule has 2 aliphatic rings. The van der Waals surface area contributed by atoms with E-state index >= 15 is 0 Å². The molecule has 2 aliphatic carbocycles. The van der Waals surface area contributed by atoms with Gasteiger partial charge in [0, 0.05) is 39.9 Å². The van der Waals surface area contributed by atoms with E-state index in [1.807, 2.05) is 6.07 Å². The quantitative estimate of drug-likeness (QED) is 0.462. The second kappa shape index (κ2) is 8.90. The molecule has 2 fully saturated rings. The van der Waals surface area contributed by atoms with E-state index in [-0.39, 0.29) is 29.6 Å². The lowest BCUT2D eigenvalue weighted by atomic mass is 10.0. The van der Waals surface area contributed by atoms with Crippen LogP contribution in [0.2, 0.25) is 5.02 Å². The van der Waals surface area contributed by atoms with Gasteiger partial charge in [0.05, 0.1) is 11.4 Å². The minimum absolute atomic E-state index is 0.0193. The molecule has 7 nitrogen and oxygen atoms in total. The molecule has 0 unspecified atom stereocenters. The van der Waals surface area contributed by atoms with Gasteiger partial charge in [-0.3, -0.25) is 4.79 Å². The molecule has 1 aromatic heterocycles. The standard InChI is InChI=1S/C25H25ClN4O3/c26-17-7-5-16(6-8-17)24(32)27-19-11-12-20(23(31)13-19)21-14-22(15-3-1-2-4-15)30(29-21)25(33)28-18-9-10-18/h5-8,11-15,18,31H,1-4,9-10H2,(H,27,32)(H,28,33). The molecule has 0 bridgehead atoms. The zero-order chi connectivity index (χ0) is 22.9. The van der Waals surface area contributed by atoms with Crippen LogP contribution in [0.4, 0.5) is 10.5 Å². The van der Waals surface area contributed by atoms with Crippen LogP contribution in [0.3, 0.4) is 0 Å². The molecule has 5 rings (SSSR count). The van der Waals surface area contributed by atoms with Crippen LogP contribution in [0.5, 0.6) is 5.75 Å². The molecule has 33 heavy (non-hydrogen) atoms. The Labute approximate surface area is 196 Å². The molecule has 2 amide bonds. The van der Waals surface area contributed by atoms with Gasteiger partial charge in [-0.15, -0.1) is 0 Å². The zero-order valence-electron chi connectivity index (χ0n) is 18.1. The van der Waals surface area contributed by atoms with Crippen LogP contribution >= 0.6 is 11.6 Å². The average molecular weight is 465 g/mol. The summed E-state index contributed by atoms with van der Waals surface area (Å²) in [6.45, 7) is 0. The Morgan fingerprint density at radius 3 is 2.39 bits per heavy atom. The number of hydrogen-bond donors (Lipinski definition) is 3. The van der Waals surface area contributed by atoms with Crippen molar-refractivity contribution in [3.8, 4) is 17.0 Å². The number of hydrogen-bond acceptors (Lipinski definition) is 4. The molecule has 3 N–H and O–H groups in total. The normalized spacial score (nSPS) is 16.0. The molecular weight excluding hydrogens is 440 g/mol. The van der Waals surface area contributed by atoms with Gasteiger partial charge in [-0.1, -0.05) is 24.4 Å². The van der Waals surface area contributed by atoms with Crippen LogP contribution in [0.25, 0.3) is 11.3 Å². The van der Waals surface area contributed by atoms with Crippen molar-refractivity contribution in [3.63, 3.8) is 0 Å². The molecule has 0 aliphatic heterocycles. The van der Waals surface area contributed by atoms with Gasteiger partial charge < -0.3 is 15.7 Å². The number of nitrogens with one attached hydrogen (secondary N) is 2. The number of aromatic hydroxyl groups is 1. The number of aromatic nitrogens is 2. The number of anilines is 1. The molecule has 3 aromatic rings. The van der Waals surface area contributed by atoms with Crippen molar-refractivity contribution >= 4 is 29.2 Å². The lowest BCUT2D eigenvalue weighted by molar-refractivity contribution is 0.102. The van der Waals surface area contributed by atoms with Crippen LogP contribution in [0.1, 0.15) is 60.5 Å².